The van der Waals surface area contributed by atoms with Crippen LogP contribution < -0.4 is 11.1 Å². The lowest BCUT2D eigenvalue weighted by Gasteiger charge is -2.34. The smallest absolute Gasteiger partial charge is 0.320 e. The molecule has 1 aliphatic rings. The SMILES string of the molecule is CCN(C(=O)N1C[C@@H](C(=O)O)[C@@H](N)[C@@H]1CNC(C)=O)C(C)C. The third-order valence-corrected chi connectivity index (χ3v) is 4.04. The van der Waals surface area contributed by atoms with Crippen LogP contribution in [-0.4, -0.2) is 70.6 Å². The molecule has 1 rings (SSSR count). The van der Waals surface area contributed by atoms with Crippen LogP contribution >= 0.6 is 0 Å². The molecular weight excluding hydrogens is 288 g/mol. The molecule has 22 heavy (non-hydrogen) atoms. The van der Waals surface area contributed by atoms with E-state index in [2.05, 4.69) is 5.32 Å². The number of carbonyl (C=O) groups is 3. The second-order valence-electron chi connectivity index (χ2n) is 5.84. The van der Waals surface area contributed by atoms with Crippen LogP contribution in [0.15, 0.2) is 0 Å². The van der Waals surface area contributed by atoms with Crippen LogP contribution in [0, 0.1) is 5.92 Å². The summed E-state index contributed by atoms with van der Waals surface area (Å²) in [4.78, 5) is 38.2. The molecule has 0 aromatic rings. The minimum atomic E-state index is -1.02. The van der Waals surface area contributed by atoms with E-state index in [9.17, 15) is 19.5 Å². The number of carbonyl (C=O) groups excluding carboxylic acids is 2. The van der Waals surface area contributed by atoms with Crippen molar-refractivity contribution in [2.24, 2.45) is 11.7 Å². The number of aliphatic carboxylic acids is 1. The number of rotatable bonds is 5. The Labute approximate surface area is 130 Å². The first-order chi connectivity index (χ1) is 10.2. The van der Waals surface area contributed by atoms with Gasteiger partial charge in [0.05, 0.1) is 12.0 Å². The van der Waals surface area contributed by atoms with E-state index < -0.39 is 24.0 Å². The molecule has 3 amide bonds. The number of urea groups is 1. The second-order valence-corrected chi connectivity index (χ2v) is 5.84. The van der Waals surface area contributed by atoms with Crippen molar-refractivity contribution in [1.29, 1.82) is 0 Å². The van der Waals surface area contributed by atoms with Crippen molar-refractivity contribution in [3.63, 3.8) is 0 Å². The highest BCUT2D eigenvalue weighted by Gasteiger charge is 2.46. The van der Waals surface area contributed by atoms with Gasteiger partial charge in [0.15, 0.2) is 0 Å². The zero-order valence-corrected chi connectivity index (χ0v) is 13.6. The van der Waals surface area contributed by atoms with Crippen LogP contribution in [0.4, 0.5) is 4.79 Å². The van der Waals surface area contributed by atoms with Crippen molar-refractivity contribution in [3.8, 4) is 0 Å². The number of nitrogens with one attached hydrogen (secondary N) is 1. The van der Waals surface area contributed by atoms with E-state index in [0.717, 1.165) is 0 Å². The van der Waals surface area contributed by atoms with Crippen molar-refractivity contribution < 1.29 is 19.5 Å². The monoisotopic (exact) mass is 314 g/mol. The van der Waals surface area contributed by atoms with Gasteiger partial charge in [-0.3, -0.25) is 9.59 Å². The summed E-state index contributed by atoms with van der Waals surface area (Å²) in [6, 6.07) is -1.48. The van der Waals surface area contributed by atoms with Gasteiger partial charge < -0.3 is 26.0 Å². The minimum absolute atomic E-state index is 0.000908. The predicted molar refractivity (Wildman–Crippen MR) is 81.2 cm³/mol. The van der Waals surface area contributed by atoms with Gasteiger partial charge in [-0.15, -0.1) is 0 Å². The molecule has 1 heterocycles. The summed E-state index contributed by atoms with van der Waals surface area (Å²) in [5.41, 5.74) is 6.01. The molecule has 0 bridgehead atoms. The summed E-state index contributed by atoms with van der Waals surface area (Å²) in [6.07, 6.45) is 0. The van der Waals surface area contributed by atoms with Crippen molar-refractivity contribution in [2.75, 3.05) is 19.6 Å². The van der Waals surface area contributed by atoms with Crippen molar-refractivity contribution in [1.82, 2.24) is 15.1 Å². The largest absolute Gasteiger partial charge is 0.481 e. The lowest BCUT2D eigenvalue weighted by Crippen LogP contribution is -2.54. The van der Waals surface area contributed by atoms with E-state index in [0.29, 0.717) is 6.54 Å². The lowest BCUT2D eigenvalue weighted by atomic mass is 10.00. The van der Waals surface area contributed by atoms with Crippen molar-refractivity contribution in [2.45, 2.75) is 45.8 Å². The average molecular weight is 314 g/mol. The van der Waals surface area contributed by atoms with Gasteiger partial charge in [-0.1, -0.05) is 0 Å². The Morgan fingerprint density at radius 3 is 2.41 bits per heavy atom. The van der Waals surface area contributed by atoms with E-state index in [1.807, 2.05) is 20.8 Å². The van der Waals surface area contributed by atoms with Gasteiger partial charge in [-0.05, 0) is 20.8 Å². The van der Waals surface area contributed by atoms with E-state index in [1.165, 1.54) is 11.8 Å². The summed E-state index contributed by atoms with van der Waals surface area (Å²) >= 11 is 0. The number of likely N-dealkylation sites (tertiary alicyclic amines) is 1. The first-order valence-electron chi connectivity index (χ1n) is 7.50. The molecule has 1 saturated heterocycles. The van der Waals surface area contributed by atoms with E-state index in [-0.39, 0.29) is 31.1 Å². The zero-order valence-electron chi connectivity index (χ0n) is 13.6. The topological polar surface area (TPSA) is 116 Å². The fraction of sp³-hybridized carbons (Fsp3) is 0.786. The fourth-order valence-electron chi connectivity index (χ4n) is 2.79. The summed E-state index contributed by atoms with van der Waals surface area (Å²) in [6.45, 7) is 7.76. The standard InChI is InChI=1S/C14H26N4O4/c1-5-17(8(2)3)14(22)18-7-10(13(20)21)12(15)11(18)6-16-9(4)19/h8,10-12H,5-7,15H2,1-4H3,(H,16,19)(H,20,21)/t10-,11+,12-/m1/s1. The predicted octanol–water partition coefficient (Wildman–Crippen LogP) is -0.315. The van der Waals surface area contributed by atoms with E-state index in [1.54, 1.807) is 4.90 Å². The average Bonchev–Trinajstić information content (AvgIpc) is 2.73. The number of amides is 3. The molecule has 0 spiro atoms. The first kappa shape index (κ1) is 18.2. The molecule has 8 heteroatoms. The molecule has 1 aliphatic heterocycles. The molecular formula is C14H26N4O4. The number of carboxylic acids is 1. The quantitative estimate of drug-likeness (QED) is 0.643. The molecule has 0 saturated carbocycles. The Hall–Kier alpha value is -1.83. The molecule has 0 aromatic carbocycles. The second kappa shape index (κ2) is 7.44. The normalized spacial score (nSPS) is 24.5. The lowest BCUT2D eigenvalue weighted by molar-refractivity contribution is -0.141. The minimum Gasteiger partial charge on any atom is -0.481 e. The molecule has 4 N–H and O–H groups in total. The summed E-state index contributed by atoms with van der Waals surface area (Å²) in [7, 11) is 0. The van der Waals surface area contributed by atoms with Crippen molar-refractivity contribution >= 4 is 17.9 Å². The first-order valence-corrected chi connectivity index (χ1v) is 7.50. The zero-order chi connectivity index (χ0) is 17.0. The van der Waals surface area contributed by atoms with Crippen LogP contribution in [-0.2, 0) is 9.59 Å². The van der Waals surface area contributed by atoms with E-state index in [4.69, 9.17) is 5.73 Å². The van der Waals surface area contributed by atoms with Gasteiger partial charge in [0.2, 0.25) is 5.91 Å². The molecule has 126 valence electrons. The Balaban J connectivity index is 2.98. The summed E-state index contributed by atoms with van der Waals surface area (Å²) in [5.74, 6) is -2.09. The molecule has 0 radical (unpaired) electrons. The third kappa shape index (κ3) is 3.88. The Morgan fingerprint density at radius 1 is 1.41 bits per heavy atom. The highest BCUT2D eigenvalue weighted by Crippen LogP contribution is 2.24. The number of nitrogens with two attached hydrogens (primary N) is 1. The van der Waals surface area contributed by atoms with Gasteiger partial charge in [-0.2, -0.15) is 0 Å². The molecule has 1 fully saturated rings. The fourth-order valence-corrected chi connectivity index (χ4v) is 2.79. The van der Waals surface area contributed by atoms with Gasteiger partial charge in [-0.25, -0.2) is 4.79 Å². The van der Waals surface area contributed by atoms with Crippen LogP contribution in [0.3, 0.4) is 0 Å². The maximum atomic E-state index is 12.7. The van der Waals surface area contributed by atoms with E-state index >= 15 is 0 Å². The Kier molecular flexibility index (Phi) is 6.16. The van der Waals surface area contributed by atoms with Crippen LogP contribution in [0.2, 0.25) is 0 Å². The molecule has 0 aromatic heterocycles. The van der Waals surface area contributed by atoms with Crippen LogP contribution in [0.1, 0.15) is 27.7 Å². The van der Waals surface area contributed by atoms with Gasteiger partial charge in [0.1, 0.15) is 0 Å². The van der Waals surface area contributed by atoms with Gasteiger partial charge in [0.25, 0.3) is 0 Å². The molecule has 0 aliphatic carbocycles. The number of hydrogen-bond donors (Lipinski definition) is 3. The third-order valence-electron chi connectivity index (χ3n) is 4.04. The molecule has 0 unspecified atom stereocenters. The summed E-state index contributed by atoms with van der Waals surface area (Å²) < 4.78 is 0. The van der Waals surface area contributed by atoms with Crippen molar-refractivity contribution in [3.05, 3.63) is 0 Å². The maximum absolute atomic E-state index is 12.7. The highest BCUT2D eigenvalue weighted by atomic mass is 16.4. The number of hydrogen-bond acceptors (Lipinski definition) is 4. The molecule has 3 atom stereocenters. The van der Waals surface area contributed by atoms with Crippen LogP contribution in [0.5, 0.6) is 0 Å². The van der Waals surface area contributed by atoms with Crippen LogP contribution in [0.25, 0.3) is 0 Å². The number of carboxylic acid groups (broad SMARTS) is 1. The Morgan fingerprint density at radius 2 is 2.00 bits per heavy atom. The highest BCUT2D eigenvalue weighted by molar-refractivity contribution is 5.79. The Bertz CT molecular complexity index is 441. The number of nitrogens with zero attached hydrogens (tertiary/aromatic N) is 2. The molecule has 8 nitrogen and oxygen atoms in total. The van der Waals surface area contributed by atoms with Gasteiger partial charge >= 0.3 is 12.0 Å². The maximum Gasteiger partial charge on any atom is 0.320 e. The van der Waals surface area contributed by atoms with Gasteiger partial charge in [0, 0.05) is 38.6 Å². The summed E-state index contributed by atoms with van der Waals surface area (Å²) in [5, 5.41) is 11.9.